The van der Waals surface area contributed by atoms with Crippen LogP contribution in [0.25, 0.3) is 0 Å². The Morgan fingerprint density at radius 1 is 1.31 bits per heavy atom. The minimum atomic E-state index is 0.108. The molecule has 16 heavy (non-hydrogen) atoms. The molecule has 5 heteroatoms. The van der Waals surface area contributed by atoms with Gasteiger partial charge >= 0.3 is 0 Å². The fourth-order valence-corrected chi connectivity index (χ4v) is 1.91. The van der Waals surface area contributed by atoms with E-state index in [2.05, 4.69) is 4.90 Å². The summed E-state index contributed by atoms with van der Waals surface area (Å²) in [7, 11) is 0. The summed E-state index contributed by atoms with van der Waals surface area (Å²) in [5.41, 5.74) is 5.53. The van der Waals surface area contributed by atoms with Crippen LogP contribution in [0.1, 0.15) is 13.3 Å². The second kappa shape index (κ2) is 7.60. The molecule has 1 fully saturated rings. The van der Waals surface area contributed by atoms with Gasteiger partial charge in [0.25, 0.3) is 0 Å². The SMILES string of the molecule is CCOCC(=O)N1CCCN(CCN)CC1. The molecule has 0 radical (unpaired) electrons. The Kier molecular flexibility index (Phi) is 6.37. The van der Waals surface area contributed by atoms with E-state index in [0.29, 0.717) is 13.2 Å². The molecule has 0 saturated carbocycles. The van der Waals surface area contributed by atoms with Gasteiger partial charge in [0, 0.05) is 39.3 Å². The van der Waals surface area contributed by atoms with E-state index in [0.717, 1.165) is 39.1 Å². The van der Waals surface area contributed by atoms with E-state index in [-0.39, 0.29) is 12.5 Å². The van der Waals surface area contributed by atoms with Gasteiger partial charge < -0.3 is 20.3 Å². The van der Waals surface area contributed by atoms with Crippen LogP contribution in [-0.2, 0) is 9.53 Å². The molecule has 1 saturated heterocycles. The van der Waals surface area contributed by atoms with Gasteiger partial charge in [0.15, 0.2) is 0 Å². The Bertz CT molecular complexity index is 211. The smallest absolute Gasteiger partial charge is 0.248 e. The molecule has 5 nitrogen and oxygen atoms in total. The summed E-state index contributed by atoms with van der Waals surface area (Å²) in [6, 6.07) is 0. The van der Waals surface area contributed by atoms with Crippen LogP contribution in [0.2, 0.25) is 0 Å². The third-order valence-corrected chi connectivity index (χ3v) is 2.82. The quantitative estimate of drug-likeness (QED) is 0.691. The molecular weight excluding hydrogens is 206 g/mol. The molecule has 0 aliphatic carbocycles. The molecule has 0 aromatic rings. The molecule has 1 amide bonds. The Morgan fingerprint density at radius 3 is 2.81 bits per heavy atom. The predicted octanol–water partition coefficient (Wildman–Crippen LogP) is -0.484. The number of hydrogen-bond donors (Lipinski definition) is 1. The van der Waals surface area contributed by atoms with Gasteiger partial charge in [-0.2, -0.15) is 0 Å². The maximum absolute atomic E-state index is 11.7. The van der Waals surface area contributed by atoms with Crippen LogP contribution in [0.5, 0.6) is 0 Å². The van der Waals surface area contributed by atoms with E-state index < -0.39 is 0 Å². The first-order valence-electron chi connectivity index (χ1n) is 6.06. The zero-order chi connectivity index (χ0) is 11.8. The van der Waals surface area contributed by atoms with Crippen molar-refractivity contribution in [2.45, 2.75) is 13.3 Å². The fourth-order valence-electron chi connectivity index (χ4n) is 1.91. The normalized spacial score (nSPS) is 18.5. The van der Waals surface area contributed by atoms with Gasteiger partial charge in [0.2, 0.25) is 5.91 Å². The highest BCUT2D eigenvalue weighted by Crippen LogP contribution is 2.03. The van der Waals surface area contributed by atoms with Crippen molar-refractivity contribution in [3.05, 3.63) is 0 Å². The van der Waals surface area contributed by atoms with Crippen molar-refractivity contribution in [3.63, 3.8) is 0 Å². The lowest BCUT2D eigenvalue weighted by Crippen LogP contribution is -2.38. The fraction of sp³-hybridized carbons (Fsp3) is 0.909. The second-order valence-electron chi connectivity index (χ2n) is 4.00. The van der Waals surface area contributed by atoms with Crippen molar-refractivity contribution in [1.29, 1.82) is 0 Å². The number of nitrogens with two attached hydrogens (primary N) is 1. The maximum atomic E-state index is 11.7. The summed E-state index contributed by atoms with van der Waals surface area (Å²) in [4.78, 5) is 15.9. The summed E-state index contributed by atoms with van der Waals surface area (Å²) in [6.45, 7) is 7.93. The molecule has 0 unspecified atom stereocenters. The second-order valence-corrected chi connectivity index (χ2v) is 4.00. The van der Waals surface area contributed by atoms with E-state index in [9.17, 15) is 4.79 Å². The van der Waals surface area contributed by atoms with E-state index >= 15 is 0 Å². The molecule has 1 rings (SSSR count). The first kappa shape index (κ1) is 13.4. The first-order chi connectivity index (χ1) is 7.77. The van der Waals surface area contributed by atoms with Crippen molar-refractivity contribution in [2.75, 3.05) is 52.5 Å². The number of amides is 1. The third-order valence-electron chi connectivity index (χ3n) is 2.82. The van der Waals surface area contributed by atoms with Gasteiger partial charge in [-0.3, -0.25) is 4.79 Å². The van der Waals surface area contributed by atoms with Gasteiger partial charge in [-0.25, -0.2) is 0 Å². The number of nitrogens with zero attached hydrogens (tertiary/aromatic N) is 2. The van der Waals surface area contributed by atoms with Crippen LogP contribution in [-0.4, -0.2) is 68.2 Å². The molecule has 0 spiro atoms. The van der Waals surface area contributed by atoms with Crippen molar-refractivity contribution < 1.29 is 9.53 Å². The van der Waals surface area contributed by atoms with E-state index in [1.807, 2.05) is 11.8 Å². The Balaban J connectivity index is 2.31. The predicted molar refractivity (Wildman–Crippen MR) is 63.2 cm³/mol. The molecule has 0 aromatic carbocycles. The number of carbonyl (C=O) groups excluding carboxylic acids is 1. The third kappa shape index (κ3) is 4.47. The van der Waals surface area contributed by atoms with E-state index in [1.54, 1.807) is 0 Å². The van der Waals surface area contributed by atoms with Crippen molar-refractivity contribution in [2.24, 2.45) is 5.73 Å². The number of ether oxygens (including phenoxy) is 1. The highest BCUT2D eigenvalue weighted by molar-refractivity contribution is 5.77. The van der Waals surface area contributed by atoms with Crippen LogP contribution in [0.3, 0.4) is 0 Å². The molecule has 1 aliphatic rings. The summed E-state index contributed by atoms with van der Waals surface area (Å²) in [5, 5.41) is 0. The Morgan fingerprint density at radius 2 is 2.12 bits per heavy atom. The highest BCUT2D eigenvalue weighted by atomic mass is 16.5. The van der Waals surface area contributed by atoms with Crippen LogP contribution in [0.4, 0.5) is 0 Å². The van der Waals surface area contributed by atoms with Crippen LogP contribution < -0.4 is 5.73 Å². The molecule has 0 atom stereocenters. The number of carbonyl (C=O) groups is 1. The summed E-state index contributed by atoms with van der Waals surface area (Å²) in [5.74, 6) is 0.108. The van der Waals surface area contributed by atoms with Gasteiger partial charge in [-0.1, -0.05) is 0 Å². The van der Waals surface area contributed by atoms with Gasteiger partial charge in [0.1, 0.15) is 6.61 Å². The molecule has 1 heterocycles. The lowest BCUT2D eigenvalue weighted by Gasteiger charge is -2.21. The lowest BCUT2D eigenvalue weighted by molar-refractivity contribution is -0.135. The molecule has 1 aliphatic heterocycles. The highest BCUT2D eigenvalue weighted by Gasteiger charge is 2.18. The average molecular weight is 229 g/mol. The number of rotatable bonds is 5. The van der Waals surface area contributed by atoms with Crippen LogP contribution >= 0.6 is 0 Å². The molecule has 0 bridgehead atoms. The monoisotopic (exact) mass is 229 g/mol. The van der Waals surface area contributed by atoms with Gasteiger partial charge in [0.05, 0.1) is 0 Å². The largest absolute Gasteiger partial charge is 0.372 e. The average Bonchev–Trinajstić information content (AvgIpc) is 2.52. The van der Waals surface area contributed by atoms with E-state index in [4.69, 9.17) is 10.5 Å². The molecular formula is C11H23N3O2. The molecule has 2 N–H and O–H groups in total. The number of hydrogen-bond acceptors (Lipinski definition) is 4. The van der Waals surface area contributed by atoms with Gasteiger partial charge in [-0.15, -0.1) is 0 Å². The standard InChI is InChI=1S/C11H23N3O2/c1-2-16-10-11(15)14-6-3-5-13(7-4-12)8-9-14/h2-10,12H2,1H3. The van der Waals surface area contributed by atoms with Crippen molar-refractivity contribution in [3.8, 4) is 0 Å². The summed E-state index contributed by atoms with van der Waals surface area (Å²) >= 11 is 0. The van der Waals surface area contributed by atoms with Crippen molar-refractivity contribution in [1.82, 2.24) is 9.80 Å². The van der Waals surface area contributed by atoms with E-state index in [1.165, 1.54) is 0 Å². The Labute approximate surface area is 97.5 Å². The van der Waals surface area contributed by atoms with Crippen LogP contribution in [0.15, 0.2) is 0 Å². The zero-order valence-corrected chi connectivity index (χ0v) is 10.2. The Hall–Kier alpha value is -0.650. The van der Waals surface area contributed by atoms with Crippen molar-refractivity contribution >= 4 is 5.91 Å². The van der Waals surface area contributed by atoms with Gasteiger partial charge in [-0.05, 0) is 19.9 Å². The molecule has 0 aromatic heterocycles. The zero-order valence-electron chi connectivity index (χ0n) is 10.2. The lowest BCUT2D eigenvalue weighted by atomic mass is 10.4. The molecule has 94 valence electrons. The minimum absolute atomic E-state index is 0.108. The maximum Gasteiger partial charge on any atom is 0.248 e. The topological polar surface area (TPSA) is 58.8 Å². The summed E-state index contributed by atoms with van der Waals surface area (Å²) < 4.78 is 5.14. The van der Waals surface area contributed by atoms with Crippen LogP contribution in [0, 0.1) is 0 Å². The minimum Gasteiger partial charge on any atom is -0.372 e. The first-order valence-corrected chi connectivity index (χ1v) is 6.06. The summed E-state index contributed by atoms with van der Waals surface area (Å²) in [6.07, 6.45) is 1.03.